The summed E-state index contributed by atoms with van der Waals surface area (Å²) < 4.78 is 27.0. The van der Waals surface area contributed by atoms with Crippen molar-refractivity contribution in [1.29, 1.82) is 5.26 Å². The van der Waals surface area contributed by atoms with Crippen molar-refractivity contribution in [2.45, 2.75) is 16.8 Å². The quantitative estimate of drug-likeness (QED) is 0.535. The third kappa shape index (κ3) is 5.54. The summed E-state index contributed by atoms with van der Waals surface area (Å²) in [6, 6.07) is 11.3. The molecule has 3 rings (SSSR count). The number of carbonyl (C=O) groups is 1. The molecule has 0 fully saturated rings. The van der Waals surface area contributed by atoms with E-state index in [0.717, 1.165) is 5.69 Å². The molecule has 2 heterocycles. The number of thioether (sulfide) groups is 1. The lowest BCUT2D eigenvalue weighted by Crippen LogP contribution is -2.15. The van der Waals surface area contributed by atoms with Gasteiger partial charge in [-0.15, -0.1) is 11.3 Å². The molecule has 0 aliphatic carbocycles. The summed E-state index contributed by atoms with van der Waals surface area (Å²) in [6.45, 7) is 1.81. The van der Waals surface area contributed by atoms with Gasteiger partial charge < -0.3 is 5.32 Å². The Hall–Kier alpha value is -2.94. The molecule has 8 nitrogen and oxygen atoms in total. The second kappa shape index (κ2) is 9.04. The third-order valence-electron chi connectivity index (χ3n) is 3.56. The zero-order valence-electron chi connectivity index (χ0n) is 15.1. The van der Waals surface area contributed by atoms with Crippen LogP contribution < -0.4 is 10.0 Å². The monoisotopic (exact) mass is 445 g/mol. The summed E-state index contributed by atoms with van der Waals surface area (Å²) in [4.78, 5) is 20.4. The zero-order chi connectivity index (χ0) is 20.9. The number of nitriles is 1. The molecule has 0 unspecified atom stereocenters. The van der Waals surface area contributed by atoms with E-state index in [1.807, 2.05) is 6.92 Å². The van der Waals surface area contributed by atoms with Crippen LogP contribution in [0.4, 0.5) is 10.8 Å². The maximum Gasteiger partial charge on any atom is 0.263 e. The lowest BCUT2D eigenvalue weighted by atomic mass is 10.3. The fourth-order valence-electron chi connectivity index (χ4n) is 2.22. The number of rotatable bonds is 7. The third-order valence-corrected chi connectivity index (χ3v) is 6.73. The van der Waals surface area contributed by atoms with E-state index >= 15 is 0 Å². The number of aryl methyl sites for hydroxylation is 1. The summed E-state index contributed by atoms with van der Waals surface area (Å²) in [7, 11) is -3.74. The average molecular weight is 446 g/mol. The summed E-state index contributed by atoms with van der Waals surface area (Å²) in [5.74, 6) is -0.227. The minimum Gasteiger partial charge on any atom is -0.325 e. The predicted octanol–water partition coefficient (Wildman–Crippen LogP) is 3.25. The fourth-order valence-corrected chi connectivity index (χ4v) is 4.83. The number of sulfonamides is 1. The SMILES string of the molecule is Cc1ccc(C#N)c(SCC(=O)Nc2ccc(S(=O)(=O)Nc3nccs3)cc2)n1. The van der Waals surface area contributed by atoms with Crippen molar-refractivity contribution in [2.24, 2.45) is 0 Å². The number of hydrogen-bond donors (Lipinski definition) is 2. The Bertz CT molecular complexity index is 1150. The number of aromatic nitrogens is 2. The molecular formula is C18H15N5O3S3. The van der Waals surface area contributed by atoms with Gasteiger partial charge in [0.2, 0.25) is 5.91 Å². The van der Waals surface area contributed by atoms with Crippen LogP contribution in [0.5, 0.6) is 0 Å². The number of nitrogens with one attached hydrogen (secondary N) is 2. The number of benzene rings is 1. The normalized spacial score (nSPS) is 10.9. The number of hydrogen-bond acceptors (Lipinski definition) is 8. The van der Waals surface area contributed by atoms with Gasteiger partial charge in [-0.2, -0.15) is 5.26 Å². The van der Waals surface area contributed by atoms with E-state index in [0.29, 0.717) is 16.3 Å². The van der Waals surface area contributed by atoms with E-state index in [1.165, 1.54) is 53.6 Å². The van der Waals surface area contributed by atoms with Crippen LogP contribution in [0.2, 0.25) is 0 Å². The van der Waals surface area contributed by atoms with Crippen molar-refractivity contribution < 1.29 is 13.2 Å². The van der Waals surface area contributed by atoms with E-state index in [-0.39, 0.29) is 21.7 Å². The van der Waals surface area contributed by atoms with Crippen molar-refractivity contribution >= 4 is 49.8 Å². The number of nitrogens with zero attached hydrogens (tertiary/aromatic N) is 3. The minimum atomic E-state index is -3.74. The molecule has 0 saturated carbocycles. The minimum absolute atomic E-state index is 0.0581. The number of carbonyl (C=O) groups excluding carboxylic acids is 1. The van der Waals surface area contributed by atoms with Gasteiger partial charge in [-0.1, -0.05) is 11.8 Å². The molecular weight excluding hydrogens is 430 g/mol. The Morgan fingerprint density at radius 1 is 1.24 bits per heavy atom. The first kappa shape index (κ1) is 20.8. The van der Waals surface area contributed by atoms with Crippen LogP contribution in [0.1, 0.15) is 11.3 Å². The zero-order valence-corrected chi connectivity index (χ0v) is 17.6. The molecule has 1 aromatic carbocycles. The van der Waals surface area contributed by atoms with Gasteiger partial charge >= 0.3 is 0 Å². The second-order valence-electron chi connectivity index (χ2n) is 5.72. The number of thiazole rings is 1. The number of pyridine rings is 1. The molecule has 2 aromatic heterocycles. The molecule has 0 aliphatic rings. The molecule has 0 radical (unpaired) electrons. The van der Waals surface area contributed by atoms with Gasteiger partial charge in [0.05, 0.1) is 16.2 Å². The maximum atomic E-state index is 12.3. The number of amides is 1. The van der Waals surface area contributed by atoms with E-state index in [4.69, 9.17) is 5.26 Å². The van der Waals surface area contributed by atoms with Gasteiger partial charge in [0, 0.05) is 23.0 Å². The topological polar surface area (TPSA) is 125 Å². The van der Waals surface area contributed by atoms with Crippen LogP contribution in [0.3, 0.4) is 0 Å². The van der Waals surface area contributed by atoms with Crippen LogP contribution in [0.25, 0.3) is 0 Å². The van der Waals surface area contributed by atoms with Crippen LogP contribution in [0, 0.1) is 18.3 Å². The van der Waals surface area contributed by atoms with Crippen molar-refractivity contribution in [3.8, 4) is 6.07 Å². The Labute approximate surface area is 176 Å². The first-order valence-electron chi connectivity index (χ1n) is 8.20. The van der Waals surface area contributed by atoms with E-state index in [9.17, 15) is 13.2 Å². The molecule has 1 amide bonds. The van der Waals surface area contributed by atoms with E-state index in [1.54, 1.807) is 17.5 Å². The highest BCUT2D eigenvalue weighted by Gasteiger charge is 2.16. The smallest absolute Gasteiger partial charge is 0.263 e. The van der Waals surface area contributed by atoms with Crippen LogP contribution in [-0.2, 0) is 14.8 Å². The van der Waals surface area contributed by atoms with E-state index < -0.39 is 10.0 Å². The van der Waals surface area contributed by atoms with Crippen LogP contribution in [-0.4, -0.2) is 30.0 Å². The molecule has 3 aromatic rings. The second-order valence-corrected chi connectivity index (χ2v) is 9.26. The van der Waals surface area contributed by atoms with Crippen LogP contribution in [0.15, 0.2) is 57.9 Å². The van der Waals surface area contributed by atoms with Gasteiger partial charge in [-0.25, -0.2) is 18.4 Å². The first-order valence-corrected chi connectivity index (χ1v) is 11.5. The highest BCUT2D eigenvalue weighted by Crippen LogP contribution is 2.22. The van der Waals surface area contributed by atoms with Crippen LogP contribution >= 0.6 is 23.1 Å². The molecule has 0 aliphatic heterocycles. The Kier molecular flexibility index (Phi) is 6.48. The maximum absolute atomic E-state index is 12.3. The first-order chi connectivity index (χ1) is 13.9. The molecule has 2 N–H and O–H groups in total. The van der Waals surface area contributed by atoms with Crippen molar-refractivity contribution in [1.82, 2.24) is 9.97 Å². The Morgan fingerprint density at radius 3 is 2.66 bits per heavy atom. The lowest BCUT2D eigenvalue weighted by molar-refractivity contribution is -0.113. The van der Waals surface area contributed by atoms with Gasteiger partial charge in [0.25, 0.3) is 10.0 Å². The van der Waals surface area contributed by atoms with Gasteiger partial charge in [0.15, 0.2) is 5.13 Å². The highest BCUT2D eigenvalue weighted by atomic mass is 32.2. The molecule has 29 heavy (non-hydrogen) atoms. The molecule has 0 spiro atoms. The molecule has 0 saturated heterocycles. The van der Waals surface area contributed by atoms with E-state index in [2.05, 4.69) is 26.1 Å². The Balaban J connectivity index is 1.60. The molecule has 0 atom stereocenters. The average Bonchev–Trinajstić information content (AvgIpc) is 3.19. The Morgan fingerprint density at radius 2 is 2.00 bits per heavy atom. The predicted molar refractivity (Wildman–Crippen MR) is 112 cm³/mol. The highest BCUT2D eigenvalue weighted by molar-refractivity contribution is 8.00. The molecule has 11 heteroatoms. The summed E-state index contributed by atoms with van der Waals surface area (Å²) in [6.07, 6.45) is 1.50. The van der Waals surface area contributed by atoms with Crippen molar-refractivity contribution in [3.63, 3.8) is 0 Å². The molecule has 0 bridgehead atoms. The lowest BCUT2D eigenvalue weighted by Gasteiger charge is -2.08. The van der Waals surface area contributed by atoms with Crippen molar-refractivity contribution in [3.05, 3.63) is 59.2 Å². The largest absolute Gasteiger partial charge is 0.325 e. The van der Waals surface area contributed by atoms with Crippen molar-refractivity contribution in [2.75, 3.05) is 15.8 Å². The van der Waals surface area contributed by atoms with Gasteiger partial charge in [-0.3, -0.25) is 9.52 Å². The van der Waals surface area contributed by atoms with Gasteiger partial charge in [0.1, 0.15) is 11.1 Å². The fraction of sp³-hybridized carbons (Fsp3) is 0.111. The van der Waals surface area contributed by atoms with Gasteiger partial charge in [-0.05, 0) is 43.3 Å². The molecule has 148 valence electrons. The number of anilines is 2. The summed E-state index contributed by atoms with van der Waals surface area (Å²) >= 11 is 2.34. The standard InChI is InChI=1S/C18H15N5O3S3/c1-12-2-3-13(10-19)17(21-12)28-11-16(24)22-14-4-6-15(7-5-14)29(25,26)23-18-20-8-9-27-18/h2-9H,11H2,1H3,(H,20,23)(H,22,24). The summed E-state index contributed by atoms with van der Waals surface area (Å²) in [5.41, 5.74) is 1.63. The summed E-state index contributed by atoms with van der Waals surface area (Å²) in [5, 5.41) is 14.3.